The molecule has 2 aromatic rings. The molecule has 0 bridgehead atoms. The van der Waals surface area contributed by atoms with Gasteiger partial charge < -0.3 is 25.2 Å². The molecule has 0 spiro atoms. The van der Waals surface area contributed by atoms with Crippen LogP contribution in [0.4, 0.5) is 18.4 Å². The molecule has 2 unspecified atom stereocenters. The van der Waals surface area contributed by atoms with Crippen LogP contribution in [0.2, 0.25) is 0 Å². The van der Waals surface area contributed by atoms with Gasteiger partial charge in [-0.3, -0.25) is 0 Å². The van der Waals surface area contributed by atoms with Gasteiger partial charge in [0.05, 0.1) is 12.6 Å². The smallest absolute Gasteiger partial charge is 0.407 e. The summed E-state index contributed by atoms with van der Waals surface area (Å²) in [6.07, 6.45) is -4.37. The molecule has 0 aromatic heterocycles. The van der Waals surface area contributed by atoms with Gasteiger partial charge in [-0.05, 0) is 38.3 Å². The summed E-state index contributed by atoms with van der Waals surface area (Å²) >= 11 is 0. The Kier molecular flexibility index (Phi) is 9.16. The lowest BCUT2D eigenvalue weighted by Gasteiger charge is -2.30. The normalized spacial score (nSPS) is 13.5. The van der Waals surface area contributed by atoms with E-state index in [0.717, 1.165) is 5.56 Å². The monoisotopic (exact) mass is 464 g/mol. The molecule has 7 nitrogen and oxygen atoms in total. The highest BCUT2D eigenvalue weighted by Crippen LogP contribution is 2.23. The van der Waals surface area contributed by atoms with E-state index in [0.29, 0.717) is 5.56 Å². The third-order valence-electron chi connectivity index (χ3n) is 4.50. The van der Waals surface area contributed by atoms with E-state index in [9.17, 15) is 23.5 Å². The topological polar surface area (TPSA) is 96.9 Å². The number of alkyl carbamates (subject to hydrolysis) is 2. The predicted molar refractivity (Wildman–Crippen MR) is 119 cm³/mol. The molecule has 0 saturated carbocycles. The molecule has 2 aromatic carbocycles. The number of aliphatic hydroxyl groups is 1. The average Bonchev–Trinajstić information content (AvgIpc) is 2.76. The molecule has 0 aliphatic carbocycles. The molecule has 0 saturated heterocycles. The standard InChI is InChI=1S/C24H30F2N2O5/c1-23(2,3)33-21(30)27-16-24(25,26)20(29)19(14-17-10-6-4-7-11-17)28-22(31)32-15-18-12-8-5-9-13-18/h4-13,19-20,29H,14-16H2,1-3H3,(H,27,30)(H,28,31). The van der Waals surface area contributed by atoms with Crippen molar-refractivity contribution in [2.45, 2.75) is 57.5 Å². The number of ether oxygens (including phenoxy) is 2. The fraction of sp³-hybridized carbons (Fsp3) is 0.417. The molecule has 0 heterocycles. The molecule has 2 amide bonds. The van der Waals surface area contributed by atoms with Gasteiger partial charge in [0.15, 0.2) is 0 Å². The van der Waals surface area contributed by atoms with Gasteiger partial charge in [0.1, 0.15) is 18.3 Å². The lowest BCUT2D eigenvalue weighted by molar-refractivity contribution is -0.118. The largest absolute Gasteiger partial charge is 0.445 e. The first kappa shape index (κ1) is 26.1. The lowest BCUT2D eigenvalue weighted by atomic mass is 9.97. The first-order valence-electron chi connectivity index (χ1n) is 10.5. The second-order valence-corrected chi connectivity index (χ2v) is 8.56. The Labute approximate surface area is 192 Å². The van der Waals surface area contributed by atoms with Gasteiger partial charge in [-0.15, -0.1) is 0 Å². The first-order valence-corrected chi connectivity index (χ1v) is 10.5. The Balaban J connectivity index is 2.05. The minimum absolute atomic E-state index is 0.0581. The van der Waals surface area contributed by atoms with E-state index in [2.05, 4.69) is 5.32 Å². The van der Waals surface area contributed by atoms with E-state index < -0.39 is 42.4 Å². The van der Waals surface area contributed by atoms with Crippen molar-refractivity contribution >= 4 is 12.2 Å². The van der Waals surface area contributed by atoms with Gasteiger partial charge in [-0.1, -0.05) is 60.7 Å². The van der Waals surface area contributed by atoms with E-state index in [-0.39, 0.29) is 13.0 Å². The van der Waals surface area contributed by atoms with Crippen LogP contribution in [-0.2, 0) is 22.5 Å². The minimum atomic E-state index is -3.76. The molecule has 9 heteroatoms. The molecular weight excluding hydrogens is 434 g/mol. The second kappa shape index (κ2) is 11.6. The van der Waals surface area contributed by atoms with Crippen LogP contribution in [0.1, 0.15) is 31.9 Å². The van der Waals surface area contributed by atoms with E-state index in [1.165, 1.54) is 0 Å². The summed E-state index contributed by atoms with van der Waals surface area (Å²) in [6, 6.07) is 16.0. The molecule has 0 fully saturated rings. The molecule has 3 N–H and O–H groups in total. The van der Waals surface area contributed by atoms with Crippen LogP contribution in [-0.4, -0.2) is 47.5 Å². The van der Waals surface area contributed by atoms with Crippen molar-refractivity contribution < 1.29 is 33.0 Å². The number of amides is 2. The van der Waals surface area contributed by atoms with Crippen molar-refractivity contribution in [2.75, 3.05) is 6.54 Å². The fourth-order valence-corrected chi connectivity index (χ4v) is 2.93. The highest BCUT2D eigenvalue weighted by atomic mass is 19.3. The summed E-state index contributed by atoms with van der Waals surface area (Å²) in [5.74, 6) is -3.76. The maximum absolute atomic E-state index is 14.8. The van der Waals surface area contributed by atoms with E-state index >= 15 is 0 Å². The van der Waals surface area contributed by atoms with Crippen LogP contribution in [0.5, 0.6) is 0 Å². The van der Waals surface area contributed by atoms with Crippen molar-refractivity contribution in [1.82, 2.24) is 10.6 Å². The number of hydrogen-bond donors (Lipinski definition) is 3. The van der Waals surface area contributed by atoms with Crippen LogP contribution < -0.4 is 10.6 Å². The van der Waals surface area contributed by atoms with Gasteiger partial charge in [0.25, 0.3) is 5.92 Å². The first-order chi connectivity index (χ1) is 15.5. The SMILES string of the molecule is CC(C)(C)OC(=O)NCC(F)(F)C(O)C(Cc1ccccc1)NC(=O)OCc1ccccc1. The van der Waals surface area contributed by atoms with Crippen LogP contribution in [0.15, 0.2) is 60.7 Å². The molecule has 0 aliphatic rings. The number of carbonyl (C=O) groups excluding carboxylic acids is 2. The van der Waals surface area contributed by atoms with Crippen LogP contribution in [0.25, 0.3) is 0 Å². The van der Waals surface area contributed by atoms with Gasteiger partial charge >= 0.3 is 12.2 Å². The summed E-state index contributed by atoms with van der Waals surface area (Å²) in [7, 11) is 0. The number of halogens is 2. The highest BCUT2D eigenvalue weighted by molar-refractivity contribution is 5.68. The number of benzene rings is 2. The number of rotatable bonds is 9. The maximum atomic E-state index is 14.8. The summed E-state index contributed by atoms with van der Waals surface area (Å²) in [5, 5.41) is 14.8. The number of hydrogen-bond acceptors (Lipinski definition) is 5. The van der Waals surface area contributed by atoms with Crippen molar-refractivity contribution in [2.24, 2.45) is 0 Å². The minimum Gasteiger partial charge on any atom is -0.445 e. The Bertz CT molecular complexity index is 889. The summed E-state index contributed by atoms with van der Waals surface area (Å²) in [6.45, 7) is 3.56. The van der Waals surface area contributed by atoms with Crippen molar-refractivity contribution in [3.8, 4) is 0 Å². The van der Waals surface area contributed by atoms with Gasteiger partial charge in [-0.2, -0.15) is 0 Å². The fourth-order valence-electron chi connectivity index (χ4n) is 2.93. The molecule has 2 atom stereocenters. The summed E-state index contributed by atoms with van der Waals surface area (Å²) < 4.78 is 39.6. The third-order valence-corrected chi connectivity index (χ3v) is 4.50. The quantitative estimate of drug-likeness (QED) is 0.520. The van der Waals surface area contributed by atoms with Crippen molar-refractivity contribution in [3.63, 3.8) is 0 Å². The van der Waals surface area contributed by atoms with Gasteiger partial charge in [0, 0.05) is 0 Å². The van der Waals surface area contributed by atoms with Crippen LogP contribution >= 0.6 is 0 Å². The Hall–Kier alpha value is -3.20. The third kappa shape index (κ3) is 9.44. The lowest BCUT2D eigenvalue weighted by Crippen LogP contribution is -2.56. The van der Waals surface area contributed by atoms with E-state index in [1.54, 1.807) is 75.4 Å². The average molecular weight is 465 g/mol. The molecule has 33 heavy (non-hydrogen) atoms. The van der Waals surface area contributed by atoms with E-state index in [1.807, 2.05) is 11.4 Å². The zero-order chi connectivity index (χ0) is 24.5. The second-order valence-electron chi connectivity index (χ2n) is 8.56. The van der Waals surface area contributed by atoms with Crippen LogP contribution in [0, 0.1) is 0 Å². The zero-order valence-corrected chi connectivity index (χ0v) is 18.9. The highest BCUT2D eigenvalue weighted by Gasteiger charge is 2.44. The van der Waals surface area contributed by atoms with Crippen molar-refractivity contribution in [1.29, 1.82) is 0 Å². The number of carbonyl (C=O) groups is 2. The molecule has 2 rings (SSSR count). The number of nitrogens with one attached hydrogen (secondary N) is 2. The Morgan fingerprint density at radius 1 is 0.939 bits per heavy atom. The van der Waals surface area contributed by atoms with Crippen LogP contribution in [0.3, 0.4) is 0 Å². The number of alkyl halides is 2. The summed E-state index contributed by atoms with van der Waals surface area (Å²) in [4.78, 5) is 24.0. The molecular formula is C24H30F2N2O5. The van der Waals surface area contributed by atoms with E-state index in [4.69, 9.17) is 9.47 Å². The van der Waals surface area contributed by atoms with Gasteiger partial charge in [-0.25, -0.2) is 18.4 Å². The summed E-state index contributed by atoms with van der Waals surface area (Å²) in [5.41, 5.74) is 0.484. The Morgan fingerprint density at radius 3 is 2.03 bits per heavy atom. The van der Waals surface area contributed by atoms with Crippen molar-refractivity contribution in [3.05, 3.63) is 71.8 Å². The van der Waals surface area contributed by atoms with Gasteiger partial charge in [0.2, 0.25) is 0 Å². The zero-order valence-electron chi connectivity index (χ0n) is 18.9. The molecule has 0 aliphatic heterocycles. The molecule has 180 valence electrons. The Morgan fingerprint density at radius 2 is 1.48 bits per heavy atom. The molecule has 0 radical (unpaired) electrons. The number of aliphatic hydroxyl groups excluding tert-OH is 1. The maximum Gasteiger partial charge on any atom is 0.407 e. The predicted octanol–water partition coefficient (Wildman–Crippen LogP) is 4.05.